The number of anilines is 2. The molecule has 0 unspecified atom stereocenters. The van der Waals surface area contributed by atoms with Crippen molar-refractivity contribution >= 4 is 17.4 Å². The number of carbonyl (C=O) groups is 1. The SMILES string of the molecule is O=C(Nc1cnccn1)c1ccc2c(c1)NCC2. The van der Waals surface area contributed by atoms with Gasteiger partial charge in [-0.15, -0.1) is 0 Å². The van der Waals surface area contributed by atoms with Crippen molar-refractivity contribution in [3.8, 4) is 0 Å². The van der Waals surface area contributed by atoms with Gasteiger partial charge in [-0.3, -0.25) is 9.78 Å². The van der Waals surface area contributed by atoms with Crippen molar-refractivity contribution in [2.75, 3.05) is 17.2 Å². The van der Waals surface area contributed by atoms with E-state index in [0.717, 1.165) is 18.7 Å². The molecule has 0 fully saturated rings. The molecule has 0 atom stereocenters. The van der Waals surface area contributed by atoms with Gasteiger partial charge < -0.3 is 10.6 Å². The molecule has 0 aliphatic carbocycles. The summed E-state index contributed by atoms with van der Waals surface area (Å²) in [6, 6.07) is 5.69. The first-order chi connectivity index (χ1) is 8.83. The highest BCUT2D eigenvalue weighted by Gasteiger charge is 2.13. The molecular weight excluding hydrogens is 228 g/mol. The first-order valence-corrected chi connectivity index (χ1v) is 5.77. The van der Waals surface area contributed by atoms with Crippen LogP contribution in [0, 0.1) is 0 Å². The molecule has 2 heterocycles. The van der Waals surface area contributed by atoms with Crippen LogP contribution in [-0.2, 0) is 6.42 Å². The Morgan fingerprint density at radius 2 is 2.28 bits per heavy atom. The maximum absolute atomic E-state index is 12.0. The van der Waals surface area contributed by atoms with Gasteiger partial charge >= 0.3 is 0 Å². The van der Waals surface area contributed by atoms with E-state index in [1.807, 2.05) is 18.2 Å². The fraction of sp³-hybridized carbons (Fsp3) is 0.154. The summed E-state index contributed by atoms with van der Waals surface area (Å²) in [6.45, 7) is 0.935. The second kappa shape index (κ2) is 4.44. The first-order valence-electron chi connectivity index (χ1n) is 5.77. The topological polar surface area (TPSA) is 66.9 Å². The number of carbonyl (C=O) groups excluding carboxylic acids is 1. The van der Waals surface area contributed by atoms with Crippen LogP contribution in [0.25, 0.3) is 0 Å². The average Bonchev–Trinajstić information content (AvgIpc) is 2.87. The number of hydrogen-bond acceptors (Lipinski definition) is 4. The van der Waals surface area contributed by atoms with Gasteiger partial charge in [-0.1, -0.05) is 6.07 Å². The third-order valence-electron chi connectivity index (χ3n) is 2.89. The van der Waals surface area contributed by atoms with Crippen LogP contribution in [0.15, 0.2) is 36.8 Å². The Morgan fingerprint density at radius 3 is 3.11 bits per heavy atom. The zero-order valence-electron chi connectivity index (χ0n) is 9.68. The summed E-state index contributed by atoms with van der Waals surface area (Å²) < 4.78 is 0. The first kappa shape index (κ1) is 10.7. The van der Waals surface area contributed by atoms with Crippen LogP contribution >= 0.6 is 0 Å². The summed E-state index contributed by atoms with van der Waals surface area (Å²) in [7, 11) is 0. The molecule has 1 aliphatic heterocycles. The van der Waals surface area contributed by atoms with Crippen molar-refractivity contribution in [1.29, 1.82) is 0 Å². The average molecular weight is 240 g/mol. The molecule has 0 saturated carbocycles. The molecule has 1 amide bonds. The van der Waals surface area contributed by atoms with Crippen LogP contribution in [0.3, 0.4) is 0 Å². The van der Waals surface area contributed by atoms with Gasteiger partial charge in [-0.2, -0.15) is 0 Å². The highest BCUT2D eigenvalue weighted by atomic mass is 16.1. The summed E-state index contributed by atoms with van der Waals surface area (Å²) in [5, 5.41) is 5.96. The van der Waals surface area contributed by atoms with Gasteiger partial charge in [-0.05, 0) is 24.1 Å². The number of rotatable bonds is 2. The van der Waals surface area contributed by atoms with Crippen molar-refractivity contribution in [2.45, 2.75) is 6.42 Å². The number of benzene rings is 1. The lowest BCUT2D eigenvalue weighted by atomic mass is 10.1. The highest BCUT2D eigenvalue weighted by molar-refractivity contribution is 6.04. The van der Waals surface area contributed by atoms with E-state index in [-0.39, 0.29) is 5.91 Å². The zero-order chi connectivity index (χ0) is 12.4. The Labute approximate surface area is 104 Å². The number of amides is 1. The van der Waals surface area contributed by atoms with E-state index in [9.17, 15) is 4.79 Å². The molecule has 1 aromatic carbocycles. The van der Waals surface area contributed by atoms with Crippen LogP contribution in [0.1, 0.15) is 15.9 Å². The van der Waals surface area contributed by atoms with Gasteiger partial charge in [0.1, 0.15) is 0 Å². The number of aromatic nitrogens is 2. The summed E-state index contributed by atoms with van der Waals surface area (Å²) in [5.41, 5.74) is 2.92. The van der Waals surface area contributed by atoms with Crippen LogP contribution in [-0.4, -0.2) is 22.4 Å². The van der Waals surface area contributed by atoms with Gasteiger partial charge in [-0.25, -0.2) is 4.98 Å². The molecule has 1 aromatic heterocycles. The molecule has 0 spiro atoms. The van der Waals surface area contributed by atoms with Gasteiger partial charge in [0, 0.05) is 30.2 Å². The molecule has 18 heavy (non-hydrogen) atoms. The lowest BCUT2D eigenvalue weighted by molar-refractivity contribution is 0.102. The highest BCUT2D eigenvalue weighted by Crippen LogP contribution is 2.23. The summed E-state index contributed by atoms with van der Waals surface area (Å²) in [5.74, 6) is 0.281. The molecular formula is C13H12N4O. The Hall–Kier alpha value is -2.43. The van der Waals surface area contributed by atoms with Crippen molar-refractivity contribution < 1.29 is 4.79 Å². The molecule has 5 nitrogen and oxygen atoms in total. The van der Waals surface area contributed by atoms with Crippen molar-refractivity contribution in [1.82, 2.24) is 9.97 Å². The Kier molecular flexibility index (Phi) is 2.64. The van der Waals surface area contributed by atoms with E-state index in [0.29, 0.717) is 11.4 Å². The minimum atomic E-state index is -0.174. The normalized spacial score (nSPS) is 12.7. The minimum Gasteiger partial charge on any atom is -0.384 e. The molecule has 0 bridgehead atoms. The predicted octanol–water partition coefficient (Wildman–Crippen LogP) is 1.70. The quantitative estimate of drug-likeness (QED) is 0.838. The van der Waals surface area contributed by atoms with Crippen molar-refractivity contribution in [3.63, 3.8) is 0 Å². The lowest BCUT2D eigenvalue weighted by Crippen LogP contribution is -2.13. The Morgan fingerprint density at radius 1 is 1.33 bits per heavy atom. The fourth-order valence-corrected chi connectivity index (χ4v) is 1.98. The van der Waals surface area contributed by atoms with Gasteiger partial charge in [0.2, 0.25) is 0 Å². The Bertz CT molecular complexity index is 583. The van der Waals surface area contributed by atoms with E-state index in [1.54, 1.807) is 12.4 Å². The third-order valence-corrected chi connectivity index (χ3v) is 2.89. The maximum atomic E-state index is 12.0. The van der Waals surface area contributed by atoms with E-state index in [2.05, 4.69) is 20.6 Å². The smallest absolute Gasteiger partial charge is 0.256 e. The fourth-order valence-electron chi connectivity index (χ4n) is 1.98. The van der Waals surface area contributed by atoms with E-state index in [1.165, 1.54) is 11.8 Å². The standard InChI is InChI=1S/C13H12N4O/c18-13(17-12-8-14-5-6-16-12)10-2-1-9-3-4-15-11(9)7-10/h1-2,5-8,15H,3-4H2,(H,16,17,18). The molecule has 2 aromatic rings. The lowest BCUT2D eigenvalue weighted by Gasteiger charge is -2.06. The van der Waals surface area contributed by atoms with Gasteiger partial charge in [0.05, 0.1) is 6.20 Å². The third kappa shape index (κ3) is 2.02. The summed E-state index contributed by atoms with van der Waals surface area (Å²) in [6.07, 6.45) is 5.64. The molecule has 2 N–H and O–H groups in total. The molecule has 90 valence electrons. The molecule has 1 aliphatic rings. The second-order valence-electron chi connectivity index (χ2n) is 4.09. The van der Waals surface area contributed by atoms with Crippen molar-refractivity contribution in [2.24, 2.45) is 0 Å². The van der Waals surface area contributed by atoms with E-state index in [4.69, 9.17) is 0 Å². The van der Waals surface area contributed by atoms with Crippen LogP contribution in [0.5, 0.6) is 0 Å². The molecule has 0 saturated heterocycles. The van der Waals surface area contributed by atoms with Gasteiger partial charge in [0.25, 0.3) is 5.91 Å². The minimum absolute atomic E-state index is 0.174. The van der Waals surface area contributed by atoms with Gasteiger partial charge in [0.15, 0.2) is 5.82 Å². The molecule has 3 rings (SSSR count). The predicted molar refractivity (Wildman–Crippen MR) is 68.6 cm³/mol. The summed E-state index contributed by atoms with van der Waals surface area (Å²) >= 11 is 0. The van der Waals surface area contributed by atoms with Crippen LogP contribution in [0.4, 0.5) is 11.5 Å². The van der Waals surface area contributed by atoms with Crippen LogP contribution < -0.4 is 10.6 Å². The Balaban J connectivity index is 1.81. The number of nitrogens with zero attached hydrogens (tertiary/aromatic N) is 2. The monoisotopic (exact) mass is 240 g/mol. The second-order valence-corrected chi connectivity index (χ2v) is 4.09. The van der Waals surface area contributed by atoms with E-state index >= 15 is 0 Å². The number of nitrogens with one attached hydrogen (secondary N) is 2. The van der Waals surface area contributed by atoms with Crippen LogP contribution in [0.2, 0.25) is 0 Å². The maximum Gasteiger partial charge on any atom is 0.256 e. The summed E-state index contributed by atoms with van der Waals surface area (Å²) in [4.78, 5) is 19.9. The molecule has 0 radical (unpaired) electrons. The van der Waals surface area contributed by atoms with Crippen molar-refractivity contribution in [3.05, 3.63) is 47.9 Å². The number of hydrogen-bond donors (Lipinski definition) is 2. The molecule has 5 heteroatoms. The number of fused-ring (bicyclic) bond motifs is 1. The van der Waals surface area contributed by atoms with E-state index < -0.39 is 0 Å². The zero-order valence-corrected chi connectivity index (χ0v) is 9.68. The largest absolute Gasteiger partial charge is 0.384 e.